The summed E-state index contributed by atoms with van der Waals surface area (Å²) in [6, 6.07) is 67.5. The number of nitrogens with one attached hydrogen (secondary N) is 2. The number of para-hydroxylation sites is 2. The fraction of sp³-hybridized carbons (Fsp3) is 0.0536. The molecule has 0 spiro atoms. The van der Waals surface area contributed by atoms with Crippen LogP contribution >= 0.6 is 104 Å². The number of aromatic hydroxyl groups is 1. The summed E-state index contributed by atoms with van der Waals surface area (Å²) in [7, 11) is 0. The van der Waals surface area contributed by atoms with E-state index in [9.17, 15) is 53.1 Å². The number of terminal acetylenes is 3. The normalized spacial score (nSPS) is 13.8. The topological polar surface area (TPSA) is 287 Å². The Kier molecular flexibility index (Phi) is 23.5. The second kappa shape index (κ2) is 36.1. The van der Waals surface area contributed by atoms with E-state index < -0.39 is 47.0 Å². The lowest BCUT2D eigenvalue weighted by molar-refractivity contribution is 0.0874. The van der Waals surface area contributed by atoms with Gasteiger partial charge in [-0.05, 0) is 226 Å². The molecule has 0 bridgehead atoms. The van der Waals surface area contributed by atoms with E-state index in [1.165, 1.54) is 17.0 Å². The molecule has 4 aromatic heterocycles. The van der Waals surface area contributed by atoms with Crippen LogP contribution in [0.1, 0.15) is 128 Å². The molecule has 19 aromatic rings. The molecule has 15 aromatic carbocycles. The SMILES string of the molecule is C#CCOc1ccc(-c2[nH]c(O)c3c2C(=O)N=C3c2ccc(Cl)cc2)cc1.C#CCOc1ccc(N2C(=O)c3ccc4c5ccc6c(=C)n(-c7ccc(Cl)cc7)c(=O)c7ccc(c8ccc(c3c48)C2=O)c5c67)cc1.C#CCOc1ccc2c(c1)Cc1cc3c(=O)c4ccccc4[nH]c3cc1C2=O.Cc1c(Cl)c(Cl)c2c(c1Cl)C(=O)C(c1ccc3cccc(N4C(=O)c5c(Cl)c(Cl)c(Cl)c(Cl)c5C4=O)c3n1)C2=O. The second-order valence-corrected chi connectivity index (χ2v) is 36.9. The van der Waals surface area contributed by atoms with E-state index in [1.807, 2.05) is 84.9 Å². The lowest BCUT2D eigenvalue weighted by atomic mass is 9.83. The van der Waals surface area contributed by atoms with Crippen LogP contribution in [-0.2, 0) is 6.42 Å². The molecular formula is C112H58Cl9N7O14. The summed E-state index contributed by atoms with van der Waals surface area (Å²) < 4.78 is 17.9. The number of carbonyl (C=O) groups is 8. The first-order chi connectivity index (χ1) is 68.5. The Morgan fingerprint density at radius 1 is 0.430 bits per heavy atom. The van der Waals surface area contributed by atoms with Crippen LogP contribution in [0.2, 0.25) is 45.2 Å². The Morgan fingerprint density at radius 2 is 0.944 bits per heavy atom. The van der Waals surface area contributed by atoms with Crippen LogP contribution < -0.4 is 40.3 Å². The molecule has 2 aliphatic carbocycles. The largest absolute Gasteiger partial charge is 0.494 e. The van der Waals surface area contributed by atoms with Gasteiger partial charge >= 0.3 is 0 Å². The van der Waals surface area contributed by atoms with Gasteiger partial charge in [-0.2, -0.15) is 0 Å². The van der Waals surface area contributed by atoms with Crippen molar-refractivity contribution in [2.75, 3.05) is 29.6 Å². The first-order valence-electron chi connectivity index (χ1n) is 43.3. The van der Waals surface area contributed by atoms with E-state index in [4.69, 9.17) is 138 Å². The number of pyridine rings is 3. The molecule has 3 N–H and O–H groups in total. The number of rotatable bonds is 12. The number of halogens is 9. The van der Waals surface area contributed by atoms with Crippen LogP contribution in [0.5, 0.6) is 23.1 Å². The van der Waals surface area contributed by atoms with Crippen molar-refractivity contribution in [1.29, 1.82) is 0 Å². The number of hydrogen-bond acceptors (Lipinski definition) is 15. The van der Waals surface area contributed by atoms with Crippen LogP contribution in [0.15, 0.2) is 245 Å². The van der Waals surface area contributed by atoms with E-state index >= 15 is 0 Å². The third kappa shape index (κ3) is 14.9. The number of carbonyl (C=O) groups excluding carboxylic acids is 8. The van der Waals surface area contributed by atoms with Crippen molar-refractivity contribution in [3.8, 4) is 77.1 Å². The number of benzene rings is 15. The molecule has 30 heteroatoms. The molecular weight excluding hydrogens is 1990 g/mol. The van der Waals surface area contributed by atoms with E-state index in [0.717, 1.165) is 70.2 Å². The van der Waals surface area contributed by atoms with Crippen molar-refractivity contribution in [3.05, 3.63) is 385 Å². The number of fused-ring (bicyclic) bond motifs is 10. The van der Waals surface area contributed by atoms with Crippen LogP contribution in [0.4, 0.5) is 11.4 Å². The first kappa shape index (κ1) is 92.4. The summed E-state index contributed by atoms with van der Waals surface area (Å²) in [6.45, 7) is 6.40. The van der Waals surface area contributed by atoms with Gasteiger partial charge in [-0.15, -0.1) is 19.3 Å². The highest BCUT2D eigenvalue weighted by Crippen LogP contribution is 2.52. The minimum absolute atomic E-state index is 0.0304. The minimum atomic E-state index is -1.37. The summed E-state index contributed by atoms with van der Waals surface area (Å²) in [5.74, 6) is 3.51. The number of amides is 5. The summed E-state index contributed by atoms with van der Waals surface area (Å²) in [5, 5.41) is 21.5. The zero-order chi connectivity index (χ0) is 99.3. The number of H-pyrrole nitrogens is 2. The van der Waals surface area contributed by atoms with Gasteiger partial charge in [0.15, 0.2) is 28.7 Å². The van der Waals surface area contributed by atoms with Gasteiger partial charge < -0.3 is 29.3 Å². The molecule has 0 fully saturated rings. The van der Waals surface area contributed by atoms with Crippen molar-refractivity contribution >= 4 is 262 Å². The van der Waals surface area contributed by atoms with Crippen LogP contribution in [0.3, 0.4) is 0 Å². The van der Waals surface area contributed by atoms with E-state index in [0.29, 0.717) is 139 Å². The van der Waals surface area contributed by atoms with Gasteiger partial charge in [0, 0.05) is 92.1 Å². The fourth-order valence-electron chi connectivity index (χ4n) is 19.1. The average Bonchev–Trinajstić information content (AvgIpc) is 1.08. The zero-order valence-corrected chi connectivity index (χ0v) is 80.0. The number of ketones is 3. The van der Waals surface area contributed by atoms with Gasteiger partial charge in [-0.25, -0.2) is 19.8 Å². The Hall–Kier alpha value is -15.9. The van der Waals surface area contributed by atoms with Crippen LogP contribution in [0, 0.1) is 44.0 Å². The highest BCUT2D eigenvalue weighted by molar-refractivity contribution is 6.57. The maximum Gasteiger partial charge on any atom is 0.280 e. The van der Waals surface area contributed by atoms with Crippen molar-refractivity contribution in [3.63, 3.8) is 0 Å². The van der Waals surface area contributed by atoms with Crippen molar-refractivity contribution in [2.45, 2.75) is 19.3 Å². The molecule has 142 heavy (non-hydrogen) atoms. The van der Waals surface area contributed by atoms with Gasteiger partial charge in [-0.3, -0.25) is 52.5 Å². The third-order valence-electron chi connectivity index (χ3n) is 25.6. The Bertz CT molecular complexity index is 9120. The molecule has 0 saturated carbocycles. The van der Waals surface area contributed by atoms with Gasteiger partial charge in [0.25, 0.3) is 35.1 Å². The highest BCUT2D eigenvalue weighted by Gasteiger charge is 2.48. The Balaban J connectivity index is 0.000000115. The predicted molar refractivity (Wildman–Crippen MR) is 558 cm³/mol. The molecule has 21 nitrogen and oxygen atoms in total. The summed E-state index contributed by atoms with van der Waals surface area (Å²) in [6.07, 6.45) is 16.3. The van der Waals surface area contributed by atoms with Gasteiger partial charge in [0.1, 0.15) is 43.0 Å². The summed E-state index contributed by atoms with van der Waals surface area (Å²) >= 11 is 55.9. The second-order valence-electron chi connectivity index (χ2n) is 33.4. The third-order valence-corrected chi connectivity index (χ3v) is 29.4. The maximum atomic E-state index is 14.0. The first-order valence-corrected chi connectivity index (χ1v) is 46.7. The molecule has 688 valence electrons. The van der Waals surface area contributed by atoms with Gasteiger partial charge in [-0.1, -0.05) is 202 Å². The molecule has 1 atom stereocenters. The van der Waals surface area contributed by atoms with Crippen molar-refractivity contribution in [1.82, 2.24) is 19.5 Å². The average molecular weight is 2040 g/mol. The number of aromatic amines is 2. The number of imide groups is 2. The molecule has 5 amide bonds. The van der Waals surface area contributed by atoms with Crippen LogP contribution in [-0.4, -0.2) is 97.0 Å². The number of nitrogens with zero attached hydrogens (tertiary/aromatic N) is 5. The molecule has 0 radical (unpaired) electrons. The highest BCUT2D eigenvalue weighted by atomic mass is 35.5. The molecule has 24 rings (SSSR count). The molecule has 1 unspecified atom stereocenters. The monoisotopic (exact) mass is 2040 g/mol. The quantitative estimate of drug-likeness (QED) is 0.0195. The number of hydrogen-bond donors (Lipinski definition) is 3. The standard InChI is InChI=1S/C40H21ClN2O4.C27H9Cl7N2O4.C24H15NO3.C21H13ClN2O3/c1-3-20-47-25-10-8-24(9-11-25)43-39(45)32-18-15-29-27-13-12-26-21(2)42(23-6-4-22(41)5-7-23)38(44)31-17-14-28(35(27)34(26)31)30-16-19-33(40(43)46)37(32)36(29)30;1-7-16(28)12-13(18(30)17(7)29)25(38)11(24(12)37)9-6-5-8-3-2-4-10(23(8)35-9)36-26(39)14-15(27(36)40)20(32)22(34)21(33)19(14)31;1-2-9-28-16-7-8-17-14(11-16)10-15-12-20-22(13-19(15)23(17)26)25-21-6-4-3-5-18(21)24(20)27;1-2-11-27-15-9-5-13(6-10-15)19-17-16(20(25)24-19)18(23-21(17)26)12-3-7-14(22)8-4-12/h1,4-19H,2,20H2;2-6,11H,1H3;1,3-8,11-13H,9-10H2,(H,25,27);1,3-10,24-25H,11H2. The smallest absolute Gasteiger partial charge is 0.280 e. The van der Waals surface area contributed by atoms with Crippen LogP contribution in [0.25, 0.3) is 110 Å². The fourth-order valence-corrected chi connectivity index (χ4v) is 21.3. The van der Waals surface area contributed by atoms with E-state index in [2.05, 4.69) is 44.3 Å². The Labute approximate surface area is 848 Å². The number of anilines is 2. The van der Waals surface area contributed by atoms with E-state index in [-0.39, 0.29) is 117 Å². The number of aliphatic imine (C=N–C) groups is 1. The van der Waals surface area contributed by atoms with E-state index in [1.54, 1.807) is 145 Å². The van der Waals surface area contributed by atoms with Crippen molar-refractivity contribution < 1.29 is 57.7 Å². The zero-order valence-electron chi connectivity index (χ0n) is 73.2. The molecule has 3 aliphatic heterocycles. The summed E-state index contributed by atoms with van der Waals surface area (Å²) in [4.78, 5) is 151. The summed E-state index contributed by atoms with van der Waals surface area (Å²) in [5.41, 5.74) is 9.48. The number of aromatic nitrogens is 4. The van der Waals surface area contributed by atoms with Gasteiger partial charge in [0.2, 0.25) is 0 Å². The predicted octanol–water partition coefficient (Wildman–Crippen LogP) is 24.6. The number of ether oxygens (including phenoxy) is 3. The molecule has 5 aliphatic rings. The maximum absolute atomic E-state index is 14.0. The molecule has 7 heterocycles. The molecule has 0 saturated heterocycles. The lowest BCUT2D eigenvalue weighted by Crippen LogP contribution is -2.40. The number of Topliss-reactive ketones (excluding diaryl/α,β-unsaturated/α-hetero) is 2. The lowest BCUT2D eigenvalue weighted by Gasteiger charge is -2.28. The van der Waals surface area contributed by atoms with Crippen molar-refractivity contribution in [2.24, 2.45) is 4.99 Å². The minimum Gasteiger partial charge on any atom is -0.494 e. The Morgan fingerprint density at radius 3 is 1.56 bits per heavy atom. The van der Waals surface area contributed by atoms with Gasteiger partial charge in [0.05, 0.1) is 108 Å².